The van der Waals surface area contributed by atoms with E-state index in [2.05, 4.69) is 30.2 Å². The van der Waals surface area contributed by atoms with Gasteiger partial charge in [-0.3, -0.25) is 0 Å². The molecule has 0 radical (unpaired) electrons. The normalized spacial score (nSPS) is 11.1. The SMILES string of the molecule is COCCC(C)(C)CNc1nc(C)ccc1C#N. The van der Waals surface area contributed by atoms with Crippen molar-refractivity contribution in [2.75, 3.05) is 25.6 Å². The number of pyridine rings is 1. The van der Waals surface area contributed by atoms with Crippen LogP contribution in [0.3, 0.4) is 0 Å². The topological polar surface area (TPSA) is 57.9 Å². The number of anilines is 1. The molecule has 0 atom stereocenters. The average Bonchev–Trinajstić information content (AvgIpc) is 2.34. The van der Waals surface area contributed by atoms with E-state index < -0.39 is 0 Å². The zero-order valence-electron chi connectivity index (χ0n) is 11.6. The Morgan fingerprint density at radius 1 is 1.44 bits per heavy atom. The summed E-state index contributed by atoms with van der Waals surface area (Å²) in [6.45, 7) is 7.76. The Morgan fingerprint density at radius 3 is 2.78 bits per heavy atom. The summed E-state index contributed by atoms with van der Waals surface area (Å²) < 4.78 is 5.10. The van der Waals surface area contributed by atoms with Crippen LogP contribution < -0.4 is 5.32 Å². The molecule has 98 valence electrons. The van der Waals surface area contributed by atoms with Gasteiger partial charge in [0.1, 0.15) is 11.9 Å². The van der Waals surface area contributed by atoms with Gasteiger partial charge in [-0.25, -0.2) is 4.98 Å². The first-order chi connectivity index (χ1) is 8.48. The van der Waals surface area contributed by atoms with Crippen molar-refractivity contribution in [2.24, 2.45) is 5.41 Å². The number of aryl methyl sites for hydroxylation is 1. The van der Waals surface area contributed by atoms with Crippen LogP contribution in [0.1, 0.15) is 31.5 Å². The van der Waals surface area contributed by atoms with Crippen LogP contribution in [0.15, 0.2) is 12.1 Å². The van der Waals surface area contributed by atoms with Crippen molar-refractivity contribution in [3.8, 4) is 6.07 Å². The number of methoxy groups -OCH3 is 1. The third kappa shape index (κ3) is 4.34. The third-order valence-electron chi connectivity index (χ3n) is 2.87. The fourth-order valence-electron chi connectivity index (χ4n) is 1.57. The number of hydrogen-bond donors (Lipinski definition) is 1. The summed E-state index contributed by atoms with van der Waals surface area (Å²) in [5.41, 5.74) is 1.60. The lowest BCUT2D eigenvalue weighted by Gasteiger charge is -2.25. The maximum Gasteiger partial charge on any atom is 0.144 e. The molecule has 0 saturated heterocycles. The van der Waals surface area contributed by atoms with Crippen molar-refractivity contribution in [3.05, 3.63) is 23.4 Å². The predicted octanol–water partition coefficient (Wildman–Crippen LogP) is 2.74. The molecule has 0 unspecified atom stereocenters. The predicted molar refractivity (Wildman–Crippen MR) is 72.5 cm³/mol. The van der Waals surface area contributed by atoms with Crippen molar-refractivity contribution in [1.82, 2.24) is 4.98 Å². The molecule has 1 rings (SSSR count). The molecule has 0 fully saturated rings. The molecular weight excluding hydrogens is 226 g/mol. The Bertz CT molecular complexity index is 435. The molecule has 18 heavy (non-hydrogen) atoms. The van der Waals surface area contributed by atoms with E-state index >= 15 is 0 Å². The highest BCUT2D eigenvalue weighted by atomic mass is 16.5. The first-order valence-corrected chi connectivity index (χ1v) is 6.09. The van der Waals surface area contributed by atoms with Gasteiger partial charge in [0.05, 0.1) is 5.56 Å². The van der Waals surface area contributed by atoms with Crippen LogP contribution in [0.4, 0.5) is 5.82 Å². The van der Waals surface area contributed by atoms with Crippen molar-refractivity contribution in [1.29, 1.82) is 5.26 Å². The van der Waals surface area contributed by atoms with Gasteiger partial charge in [-0.2, -0.15) is 5.26 Å². The van der Waals surface area contributed by atoms with Crippen LogP contribution in [0.2, 0.25) is 0 Å². The first-order valence-electron chi connectivity index (χ1n) is 6.09. The zero-order valence-corrected chi connectivity index (χ0v) is 11.6. The monoisotopic (exact) mass is 247 g/mol. The van der Waals surface area contributed by atoms with E-state index in [1.54, 1.807) is 13.2 Å². The number of nitriles is 1. The molecule has 0 aliphatic heterocycles. The van der Waals surface area contributed by atoms with E-state index in [9.17, 15) is 0 Å². The van der Waals surface area contributed by atoms with E-state index in [4.69, 9.17) is 10.00 Å². The summed E-state index contributed by atoms with van der Waals surface area (Å²) >= 11 is 0. The van der Waals surface area contributed by atoms with Gasteiger partial charge in [-0.15, -0.1) is 0 Å². The number of rotatable bonds is 6. The smallest absolute Gasteiger partial charge is 0.144 e. The summed E-state index contributed by atoms with van der Waals surface area (Å²) in [7, 11) is 1.71. The van der Waals surface area contributed by atoms with Gasteiger partial charge in [-0.05, 0) is 30.9 Å². The minimum atomic E-state index is 0.105. The molecule has 4 heteroatoms. The molecule has 0 bridgehead atoms. The summed E-state index contributed by atoms with van der Waals surface area (Å²) in [6, 6.07) is 5.80. The highest BCUT2D eigenvalue weighted by Crippen LogP contribution is 2.22. The molecule has 0 spiro atoms. The fourth-order valence-corrected chi connectivity index (χ4v) is 1.57. The van der Waals surface area contributed by atoms with Crippen LogP contribution in [0, 0.1) is 23.7 Å². The van der Waals surface area contributed by atoms with Gasteiger partial charge < -0.3 is 10.1 Å². The summed E-state index contributed by atoms with van der Waals surface area (Å²) in [5, 5.41) is 12.3. The second kappa shape index (κ2) is 6.36. The lowest BCUT2D eigenvalue weighted by Crippen LogP contribution is -2.25. The van der Waals surface area contributed by atoms with Gasteiger partial charge in [-0.1, -0.05) is 13.8 Å². The van der Waals surface area contributed by atoms with Crippen LogP contribution >= 0.6 is 0 Å². The fraction of sp³-hybridized carbons (Fsp3) is 0.571. The second-order valence-electron chi connectivity index (χ2n) is 5.22. The first kappa shape index (κ1) is 14.5. The minimum absolute atomic E-state index is 0.105. The van der Waals surface area contributed by atoms with Crippen LogP contribution in [-0.4, -0.2) is 25.2 Å². The van der Waals surface area contributed by atoms with Gasteiger partial charge in [0.15, 0.2) is 0 Å². The molecule has 0 aliphatic rings. The van der Waals surface area contributed by atoms with E-state index in [0.717, 1.165) is 25.3 Å². The molecule has 0 amide bonds. The second-order valence-corrected chi connectivity index (χ2v) is 5.22. The molecule has 0 saturated carbocycles. The molecule has 1 N–H and O–H groups in total. The zero-order chi connectivity index (χ0) is 13.6. The Balaban J connectivity index is 2.68. The summed E-state index contributed by atoms with van der Waals surface area (Å²) in [6.07, 6.45) is 0.963. The maximum atomic E-state index is 9.03. The van der Waals surface area contributed by atoms with Crippen LogP contribution in [0.25, 0.3) is 0 Å². The average molecular weight is 247 g/mol. The minimum Gasteiger partial charge on any atom is -0.385 e. The number of nitrogens with zero attached hydrogens (tertiary/aromatic N) is 2. The van der Waals surface area contributed by atoms with E-state index in [1.165, 1.54) is 0 Å². The van der Waals surface area contributed by atoms with Crippen molar-refractivity contribution < 1.29 is 4.74 Å². The van der Waals surface area contributed by atoms with E-state index in [-0.39, 0.29) is 5.41 Å². The standard InChI is InChI=1S/C14H21N3O/c1-11-5-6-12(9-15)13(17-11)16-10-14(2,3)7-8-18-4/h5-6H,7-8,10H2,1-4H3,(H,16,17). The number of hydrogen-bond acceptors (Lipinski definition) is 4. The molecule has 1 aromatic heterocycles. The quantitative estimate of drug-likeness (QED) is 0.839. The molecule has 4 nitrogen and oxygen atoms in total. The van der Waals surface area contributed by atoms with Gasteiger partial charge in [0.2, 0.25) is 0 Å². The molecule has 0 aliphatic carbocycles. The Labute approximate surface area is 109 Å². The summed E-state index contributed by atoms with van der Waals surface area (Å²) in [4.78, 5) is 4.36. The van der Waals surface area contributed by atoms with Crippen molar-refractivity contribution in [3.63, 3.8) is 0 Å². The van der Waals surface area contributed by atoms with E-state index in [0.29, 0.717) is 11.4 Å². The Kier molecular flexibility index (Phi) is 5.11. The Hall–Kier alpha value is -1.60. The van der Waals surface area contributed by atoms with Gasteiger partial charge in [0.25, 0.3) is 0 Å². The number of nitrogens with one attached hydrogen (secondary N) is 1. The van der Waals surface area contributed by atoms with Crippen LogP contribution in [0.5, 0.6) is 0 Å². The number of aromatic nitrogens is 1. The lowest BCUT2D eigenvalue weighted by atomic mass is 9.89. The van der Waals surface area contributed by atoms with E-state index in [1.807, 2.05) is 13.0 Å². The van der Waals surface area contributed by atoms with Gasteiger partial charge in [0, 0.05) is 26.0 Å². The highest BCUT2D eigenvalue weighted by Gasteiger charge is 2.18. The molecule has 1 heterocycles. The molecule has 1 aromatic rings. The maximum absolute atomic E-state index is 9.03. The molecule has 0 aromatic carbocycles. The third-order valence-corrected chi connectivity index (χ3v) is 2.87. The van der Waals surface area contributed by atoms with Crippen molar-refractivity contribution in [2.45, 2.75) is 27.2 Å². The lowest BCUT2D eigenvalue weighted by molar-refractivity contribution is 0.157. The largest absolute Gasteiger partial charge is 0.385 e. The Morgan fingerprint density at radius 2 is 2.17 bits per heavy atom. The van der Waals surface area contributed by atoms with Crippen molar-refractivity contribution >= 4 is 5.82 Å². The number of ether oxygens (including phenoxy) is 1. The summed E-state index contributed by atoms with van der Waals surface area (Å²) in [5.74, 6) is 0.669. The van der Waals surface area contributed by atoms with Gasteiger partial charge >= 0.3 is 0 Å². The highest BCUT2D eigenvalue weighted by molar-refractivity contribution is 5.52. The van der Waals surface area contributed by atoms with Crippen LogP contribution in [-0.2, 0) is 4.74 Å². The molecular formula is C14H21N3O.